The Morgan fingerprint density at radius 3 is 2.67 bits per heavy atom. The second kappa shape index (κ2) is 6.16. The van der Waals surface area contributed by atoms with E-state index in [0.29, 0.717) is 17.3 Å². The van der Waals surface area contributed by atoms with E-state index in [1.54, 1.807) is 12.1 Å². The van der Waals surface area contributed by atoms with Gasteiger partial charge in [0.05, 0.1) is 17.2 Å². The molecule has 6 heteroatoms. The van der Waals surface area contributed by atoms with E-state index < -0.39 is 5.97 Å². The van der Waals surface area contributed by atoms with Gasteiger partial charge in [-0.1, -0.05) is 32.0 Å². The van der Waals surface area contributed by atoms with E-state index in [1.807, 2.05) is 18.2 Å². The average Bonchev–Trinajstić information content (AvgIpc) is 2.87. The molecule has 6 nitrogen and oxygen atoms in total. The van der Waals surface area contributed by atoms with Crippen molar-refractivity contribution in [1.82, 2.24) is 4.98 Å². The third-order valence-electron chi connectivity index (χ3n) is 3.79. The lowest BCUT2D eigenvalue weighted by atomic mass is 10.0. The normalized spacial score (nSPS) is 11.6. The second-order valence-corrected chi connectivity index (χ2v) is 5.82. The Morgan fingerprint density at radius 2 is 1.96 bits per heavy atom. The molecule has 0 saturated heterocycles. The number of carbonyl (C=O) groups is 1. The molecule has 0 unspecified atom stereocenters. The van der Waals surface area contributed by atoms with Crippen molar-refractivity contribution in [1.29, 1.82) is 0 Å². The third kappa shape index (κ3) is 2.99. The Labute approximate surface area is 138 Å². The van der Waals surface area contributed by atoms with Crippen molar-refractivity contribution in [2.24, 2.45) is 10.2 Å². The molecule has 1 aromatic heterocycles. The van der Waals surface area contributed by atoms with E-state index in [1.165, 1.54) is 12.1 Å². The number of carboxylic acids is 1. The first-order valence-electron chi connectivity index (χ1n) is 7.53. The maximum atomic E-state index is 10.9. The zero-order valence-electron chi connectivity index (χ0n) is 13.3. The Bertz CT molecular complexity index is 942. The number of aromatic nitrogens is 1. The maximum absolute atomic E-state index is 10.9. The Morgan fingerprint density at radius 1 is 1.17 bits per heavy atom. The molecule has 0 saturated carbocycles. The summed E-state index contributed by atoms with van der Waals surface area (Å²) in [7, 11) is 0. The molecule has 0 amide bonds. The minimum Gasteiger partial charge on any atom is -0.545 e. The van der Waals surface area contributed by atoms with Crippen molar-refractivity contribution >= 4 is 28.2 Å². The molecule has 2 aromatic carbocycles. The van der Waals surface area contributed by atoms with Crippen LogP contribution in [0.1, 0.15) is 35.7 Å². The molecule has 3 aromatic rings. The number of carboxylic acid groups (broad SMARTS) is 1. The molecule has 0 aliphatic rings. The number of benzene rings is 2. The van der Waals surface area contributed by atoms with E-state index in [0.717, 1.165) is 16.5 Å². The molecule has 0 aliphatic carbocycles. The van der Waals surface area contributed by atoms with Crippen LogP contribution in [0, 0.1) is 0 Å². The molecular formula is C18H16N3O3-. The lowest BCUT2D eigenvalue weighted by Crippen LogP contribution is -2.21. The van der Waals surface area contributed by atoms with Gasteiger partial charge in [0.1, 0.15) is 0 Å². The van der Waals surface area contributed by atoms with Gasteiger partial charge >= 0.3 is 0 Å². The van der Waals surface area contributed by atoms with Crippen LogP contribution in [0.4, 0.5) is 11.4 Å². The Balaban J connectivity index is 2.03. The first-order chi connectivity index (χ1) is 11.5. The molecule has 3 rings (SSSR count). The highest BCUT2D eigenvalue weighted by Gasteiger charge is 2.12. The van der Waals surface area contributed by atoms with Crippen LogP contribution in [0.3, 0.4) is 0 Å². The number of rotatable bonds is 4. The van der Waals surface area contributed by atoms with Gasteiger partial charge in [0, 0.05) is 5.39 Å². The quantitative estimate of drug-likeness (QED) is 0.715. The van der Waals surface area contributed by atoms with Crippen LogP contribution in [-0.2, 0) is 0 Å². The van der Waals surface area contributed by atoms with Gasteiger partial charge in [0.15, 0.2) is 5.69 Å². The zero-order valence-corrected chi connectivity index (χ0v) is 13.3. The number of hydrogen-bond donors (Lipinski definition) is 2. The third-order valence-corrected chi connectivity index (χ3v) is 3.79. The first-order valence-corrected chi connectivity index (χ1v) is 7.53. The summed E-state index contributed by atoms with van der Waals surface area (Å²) in [4.78, 5) is 13.7. The Kier molecular flexibility index (Phi) is 4.04. The first kappa shape index (κ1) is 15.7. The number of H-pyrrole nitrogens is 1. The van der Waals surface area contributed by atoms with Crippen molar-refractivity contribution in [3.8, 4) is 5.88 Å². The number of aromatic hydroxyl groups is 1. The predicted molar refractivity (Wildman–Crippen MR) is 89.0 cm³/mol. The number of carbonyl (C=O) groups excluding carboxylic acids is 1. The summed E-state index contributed by atoms with van der Waals surface area (Å²) in [5.41, 5.74) is 2.60. The molecule has 0 fully saturated rings. The summed E-state index contributed by atoms with van der Waals surface area (Å²) in [6.07, 6.45) is 0. The summed E-state index contributed by atoms with van der Waals surface area (Å²) < 4.78 is 0. The fourth-order valence-electron chi connectivity index (χ4n) is 2.44. The van der Waals surface area contributed by atoms with Crippen LogP contribution < -0.4 is 5.11 Å². The van der Waals surface area contributed by atoms with Crippen LogP contribution in [0.5, 0.6) is 5.88 Å². The molecule has 0 spiro atoms. The van der Waals surface area contributed by atoms with E-state index >= 15 is 0 Å². The number of azo groups is 1. The van der Waals surface area contributed by atoms with Crippen molar-refractivity contribution in [3.05, 3.63) is 53.6 Å². The summed E-state index contributed by atoms with van der Waals surface area (Å²) in [5, 5.41) is 29.8. The summed E-state index contributed by atoms with van der Waals surface area (Å²) in [5.74, 6) is -1.01. The van der Waals surface area contributed by atoms with Gasteiger partial charge in [-0.15, -0.1) is 5.11 Å². The Hall–Kier alpha value is -3.15. The van der Waals surface area contributed by atoms with E-state index in [2.05, 4.69) is 29.1 Å². The van der Waals surface area contributed by atoms with E-state index in [9.17, 15) is 15.0 Å². The van der Waals surface area contributed by atoms with Crippen molar-refractivity contribution in [3.63, 3.8) is 0 Å². The summed E-state index contributed by atoms with van der Waals surface area (Å²) in [6.45, 7) is 4.17. The number of hydrogen-bond acceptors (Lipinski definition) is 5. The second-order valence-electron chi connectivity index (χ2n) is 5.82. The summed E-state index contributed by atoms with van der Waals surface area (Å²) in [6, 6.07) is 11.8. The van der Waals surface area contributed by atoms with Gasteiger partial charge < -0.3 is 20.0 Å². The van der Waals surface area contributed by atoms with Crippen molar-refractivity contribution in [2.45, 2.75) is 19.8 Å². The van der Waals surface area contributed by atoms with Gasteiger partial charge in [-0.3, -0.25) is 0 Å². The number of nitrogens with one attached hydrogen (secondary N) is 1. The fourth-order valence-corrected chi connectivity index (χ4v) is 2.44. The van der Waals surface area contributed by atoms with Gasteiger partial charge in [-0.25, -0.2) is 0 Å². The van der Waals surface area contributed by atoms with Gasteiger partial charge in [0.25, 0.3) is 0 Å². The maximum Gasteiger partial charge on any atom is 0.218 e. The number of aromatic amines is 1. The van der Waals surface area contributed by atoms with Crippen LogP contribution in [-0.4, -0.2) is 16.1 Å². The van der Waals surface area contributed by atoms with Crippen LogP contribution in [0.2, 0.25) is 0 Å². The SMILES string of the molecule is CC(C)c1ccc2[nH]c(O)c(N=Nc3cccc(C(=O)[O-])c3)c2c1. The summed E-state index contributed by atoms with van der Waals surface area (Å²) >= 11 is 0. The number of aromatic carboxylic acids is 1. The lowest BCUT2D eigenvalue weighted by molar-refractivity contribution is -0.255. The fraction of sp³-hybridized carbons (Fsp3) is 0.167. The van der Waals surface area contributed by atoms with E-state index in [4.69, 9.17) is 0 Å². The molecule has 0 bridgehead atoms. The molecule has 122 valence electrons. The molecule has 0 atom stereocenters. The average molecular weight is 322 g/mol. The largest absolute Gasteiger partial charge is 0.545 e. The monoisotopic (exact) mass is 322 g/mol. The van der Waals surface area contributed by atoms with Gasteiger partial charge in [-0.2, -0.15) is 5.11 Å². The zero-order chi connectivity index (χ0) is 17.3. The number of fused-ring (bicyclic) bond motifs is 1. The van der Waals surface area contributed by atoms with Crippen LogP contribution in [0.25, 0.3) is 10.9 Å². The highest BCUT2D eigenvalue weighted by Crippen LogP contribution is 2.37. The molecular weight excluding hydrogens is 306 g/mol. The minimum absolute atomic E-state index is 0.0247. The molecule has 0 radical (unpaired) electrons. The van der Waals surface area contributed by atoms with Gasteiger partial charge in [0.2, 0.25) is 5.88 Å². The van der Waals surface area contributed by atoms with Crippen LogP contribution in [0.15, 0.2) is 52.7 Å². The van der Waals surface area contributed by atoms with E-state index in [-0.39, 0.29) is 11.4 Å². The van der Waals surface area contributed by atoms with Crippen molar-refractivity contribution in [2.75, 3.05) is 0 Å². The topological polar surface area (TPSA) is 101 Å². The number of nitrogens with zero attached hydrogens (tertiary/aromatic N) is 2. The molecule has 24 heavy (non-hydrogen) atoms. The van der Waals surface area contributed by atoms with Gasteiger partial charge in [-0.05, 0) is 41.3 Å². The minimum atomic E-state index is -1.27. The standard InChI is InChI=1S/C18H17N3O3/c1-10(2)11-6-7-15-14(9-11)16(17(22)19-15)21-20-13-5-3-4-12(8-13)18(23)24/h3-10,19,22H,1-2H3,(H,23,24)/p-1. The van der Waals surface area contributed by atoms with Crippen LogP contribution >= 0.6 is 0 Å². The van der Waals surface area contributed by atoms with Crippen molar-refractivity contribution < 1.29 is 15.0 Å². The molecule has 1 heterocycles. The lowest BCUT2D eigenvalue weighted by Gasteiger charge is -2.04. The molecule has 0 aliphatic heterocycles. The molecule has 2 N–H and O–H groups in total. The highest BCUT2D eigenvalue weighted by atomic mass is 16.4. The smallest absolute Gasteiger partial charge is 0.218 e. The predicted octanol–water partition coefficient (Wildman–Crippen LogP) is 3.78. The highest BCUT2D eigenvalue weighted by molar-refractivity contribution is 5.94.